The molecule has 1 aliphatic rings. The molecule has 454 valence electrons. The van der Waals surface area contributed by atoms with E-state index in [0.29, 0.717) is 71.1 Å². The Hall–Kier alpha value is -3.99. The highest BCUT2D eigenvalue weighted by Gasteiger charge is 2.37. The third kappa shape index (κ3) is 40.2. The molecule has 0 saturated carbocycles. The SMILES string of the molecule is CCCCCCCCC(=O)OCC(COC(=O)CCCCCCCC)CC(=O)OC[C@@H]1CCC[C@@H](COC(=O)CC(COC(=O)CCCCCCCC)COC(=O)CCCCCCCC)N1C(=O)OCCCN(C)CCOC. The quantitative estimate of drug-likeness (QED) is 0.0316. The van der Waals surface area contributed by atoms with Crippen molar-refractivity contribution in [3.63, 3.8) is 0 Å². The molecule has 17 nitrogen and oxygen atoms in total. The monoisotopic (exact) mass is 1110 g/mol. The van der Waals surface area contributed by atoms with Gasteiger partial charge in [-0.1, -0.05) is 156 Å². The normalized spacial score (nSPS) is 14.4. The molecule has 2 atom stereocenters. The molecule has 1 aliphatic heterocycles. The summed E-state index contributed by atoms with van der Waals surface area (Å²) in [5, 5.41) is 0. The fourth-order valence-electron chi connectivity index (χ4n) is 9.35. The molecule has 0 radical (unpaired) electrons. The molecule has 0 bridgehead atoms. The Bertz CT molecular complexity index is 1410. The van der Waals surface area contributed by atoms with Gasteiger partial charge < -0.3 is 42.8 Å². The predicted molar refractivity (Wildman–Crippen MR) is 303 cm³/mol. The Morgan fingerprint density at radius 3 is 1.08 bits per heavy atom. The first kappa shape index (κ1) is 72.0. The molecule has 0 spiro atoms. The summed E-state index contributed by atoms with van der Waals surface area (Å²) < 4.78 is 45.2. The van der Waals surface area contributed by atoms with E-state index in [2.05, 4.69) is 32.6 Å². The summed E-state index contributed by atoms with van der Waals surface area (Å²) >= 11 is 0. The highest BCUT2D eigenvalue weighted by Crippen LogP contribution is 2.26. The number of ether oxygens (including phenoxy) is 8. The van der Waals surface area contributed by atoms with Gasteiger partial charge in [0.2, 0.25) is 0 Å². The van der Waals surface area contributed by atoms with Crippen LogP contribution in [0.25, 0.3) is 0 Å². The van der Waals surface area contributed by atoms with Crippen LogP contribution in [0.5, 0.6) is 0 Å². The van der Waals surface area contributed by atoms with Crippen molar-refractivity contribution < 1.29 is 71.5 Å². The predicted octanol–water partition coefficient (Wildman–Crippen LogP) is 12.6. The van der Waals surface area contributed by atoms with Gasteiger partial charge in [-0.15, -0.1) is 0 Å². The van der Waals surface area contributed by atoms with Crippen molar-refractivity contribution in [1.82, 2.24) is 9.80 Å². The molecule has 78 heavy (non-hydrogen) atoms. The number of methoxy groups -OCH3 is 1. The minimum absolute atomic E-state index is 0.117. The van der Waals surface area contributed by atoms with Crippen LogP contribution in [0.1, 0.15) is 246 Å². The minimum Gasteiger partial charge on any atom is -0.465 e. The van der Waals surface area contributed by atoms with Gasteiger partial charge in [0.25, 0.3) is 0 Å². The maximum Gasteiger partial charge on any atom is 0.410 e. The third-order valence-electron chi connectivity index (χ3n) is 14.3. The van der Waals surface area contributed by atoms with Crippen LogP contribution >= 0.6 is 0 Å². The number of hydrogen-bond donors (Lipinski definition) is 0. The van der Waals surface area contributed by atoms with Crippen molar-refractivity contribution in [3.8, 4) is 0 Å². The van der Waals surface area contributed by atoms with Gasteiger partial charge >= 0.3 is 41.9 Å². The molecule has 0 N–H and O–H groups in total. The van der Waals surface area contributed by atoms with Gasteiger partial charge in [-0.2, -0.15) is 0 Å². The van der Waals surface area contributed by atoms with E-state index in [9.17, 15) is 33.6 Å². The fraction of sp³-hybridized carbons (Fsp3) is 0.885. The lowest BCUT2D eigenvalue weighted by molar-refractivity contribution is -0.157. The molecule has 1 rings (SSSR count). The number of piperidine rings is 1. The van der Waals surface area contributed by atoms with Crippen LogP contribution in [0, 0.1) is 11.8 Å². The zero-order valence-electron chi connectivity index (χ0n) is 49.9. The summed E-state index contributed by atoms with van der Waals surface area (Å²) in [6, 6.07) is -1.23. The average molecular weight is 1110 g/mol. The van der Waals surface area contributed by atoms with Crippen molar-refractivity contribution >= 4 is 41.9 Å². The van der Waals surface area contributed by atoms with Gasteiger partial charge in [-0.3, -0.25) is 33.7 Å². The molecule has 0 aromatic rings. The van der Waals surface area contributed by atoms with E-state index in [0.717, 1.165) is 128 Å². The lowest BCUT2D eigenvalue weighted by Gasteiger charge is -2.40. The van der Waals surface area contributed by atoms with E-state index in [1.807, 2.05) is 7.05 Å². The molecule has 1 fully saturated rings. The molecular weight excluding hydrogens is 1000 g/mol. The van der Waals surface area contributed by atoms with Crippen LogP contribution in [0.2, 0.25) is 0 Å². The second-order valence-corrected chi connectivity index (χ2v) is 21.7. The Balaban J connectivity index is 3.13. The van der Waals surface area contributed by atoms with Crippen LogP contribution in [-0.4, -0.2) is 144 Å². The molecular formula is C61H110N2O15. The number of likely N-dealkylation sites (tertiary alicyclic amines) is 1. The summed E-state index contributed by atoms with van der Waals surface area (Å²) in [6.45, 7) is 9.88. The van der Waals surface area contributed by atoms with Gasteiger partial charge in [0.05, 0.1) is 64.6 Å². The Labute approximate surface area is 471 Å². The van der Waals surface area contributed by atoms with Gasteiger partial charge in [-0.05, 0) is 58.4 Å². The molecule has 0 aromatic heterocycles. The Morgan fingerprint density at radius 2 is 0.744 bits per heavy atom. The van der Waals surface area contributed by atoms with Crippen LogP contribution < -0.4 is 0 Å². The number of carbonyl (C=O) groups excluding carboxylic acids is 7. The Kier molecular flexibility index (Phi) is 46.2. The summed E-state index contributed by atoms with van der Waals surface area (Å²) in [5.74, 6) is -3.97. The second kappa shape index (κ2) is 50.0. The van der Waals surface area contributed by atoms with Crippen molar-refractivity contribution in [3.05, 3.63) is 0 Å². The summed E-state index contributed by atoms with van der Waals surface area (Å²) in [6.07, 6.45) is 26.7. The van der Waals surface area contributed by atoms with E-state index < -0.39 is 42.0 Å². The van der Waals surface area contributed by atoms with Gasteiger partial charge in [0.1, 0.15) is 13.2 Å². The lowest BCUT2D eigenvalue weighted by atomic mass is 9.96. The maximum atomic E-state index is 14.0. The smallest absolute Gasteiger partial charge is 0.410 e. The average Bonchev–Trinajstić information content (AvgIpc) is 3.43. The van der Waals surface area contributed by atoms with E-state index in [1.165, 1.54) is 4.90 Å². The minimum atomic E-state index is -0.641. The largest absolute Gasteiger partial charge is 0.465 e. The van der Waals surface area contributed by atoms with E-state index >= 15 is 0 Å². The summed E-state index contributed by atoms with van der Waals surface area (Å²) in [5.41, 5.74) is 0. The zero-order chi connectivity index (χ0) is 57.3. The number of esters is 6. The van der Waals surface area contributed by atoms with E-state index in [1.54, 1.807) is 7.11 Å². The summed E-state index contributed by atoms with van der Waals surface area (Å²) in [7, 11) is 3.60. The molecule has 0 aromatic carbocycles. The highest BCUT2D eigenvalue weighted by molar-refractivity contribution is 5.73. The van der Waals surface area contributed by atoms with Crippen molar-refractivity contribution in [2.75, 3.05) is 80.1 Å². The number of likely N-dealkylation sites (N-methyl/N-ethyl adjacent to an activating group) is 1. The molecule has 1 amide bonds. The Morgan fingerprint density at radius 1 is 0.410 bits per heavy atom. The van der Waals surface area contributed by atoms with Gasteiger partial charge in [-0.25, -0.2) is 4.79 Å². The van der Waals surface area contributed by atoms with E-state index in [-0.39, 0.29) is 109 Å². The van der Waals surface area contributed by atoms with Crippen LogP contribution in [0.15, 0.2) is 0 Å². The number of carbonyl (C=O) groups is 7. The fourth-order valence-corrected chi connectivity index (χ4v) is 9.35. The first-order chi connectivity index (χ1) is 37.9. The van der Waals surface area contributed by atoms with Crippen LogP contribution in [-0.2, 0) is 66.7 Å². The molecule has 17 heteroatoms. The first-order valence-corrected chi connectivity index (χ1v) is 30.9. The second-order valence-electron chi connectivity index (χ2n) is 21.7. The summed E-state index contributed by atoms with van der Waals surface area (Å²) in [4.78, 5) is 95.9. The van der Waals surface area contributed by atoms with Gasteiger partial charge in [0, 0.05) is 57.7 Å². The van der Waals surface area contributed by atoms with Crippen LogP contribution in [0.4, 0.5) is 4.79 Å². The van der Waals surface area contributed by atoms with Crippen molar-refractivity contribution in [1.29, 1.82) is 0 Å². The van der Waals surface area contributed by atoms with Crippen molar-refractivity contribution in [2.45, 2.75) is 258 Å². The maximum absolute atomic E-state index is 14.0. The van der Waals surface area contributed by atoms with E-state index in [4.69, 9.17) is 37.9 Å². The van der Waals surface area contributed by atoms with Crippen molar-refractivity contribution in [2.24, 2.45) is 11.8 Å². The lowest BCUT2D eigenvalue weighted by Crippen LogP contribution is -2.54. The topological polar surface area (TPSA) is 200 Å². The molecule has 1 heterocycles. The molecule has 0 aliphatic carbocycles. The number of rotatable bonds is 51. The third-order valence-corrected chi connectivity index (χ3v) is 14.3. The number of amides is 1. The highest BCUT2D eigenvalue weighted by atomic mass is 16.6. The number of unbranched alkanes of at least 4 members (excludes halogenated alkanes) is 20. The van der Waals surface area contributed by atoms with Gasteiger partial charge in [0.15, 0.2) is 0 Å². The standard InChI is InChI=1S/C61H110N2O15/c1-7-11-15-19-23-27-35-55(64)73-45-51(46-74-56(65)36-28-24-20-16-12-8-2)43-59(68)77-49-53-33-31-34-54(63(53)61(70)72-41-32-39-62(5)40-42-71-6)50-78-60(69)44-52(47-75-57(66)37-29-25-21-17-13-9-3)48-76-58(67)38-30-26-22-18-14-10-4/h51-54H,7-50H2,1-6H3/t53-,54-/m0/s1. The zero-order valence-corrected chi connectivity index (χ0v) is 49.9. The molecule has 1 saturated heterocycles. The number of hydrogen-bond acceptors (Lipinski definition) is 16. The first-order valence-electron chi connectivity index (χ1n) is 30.9. The van der Waals surface area contributed by atoms with Crippen LogP contribution in [0.3, 0.4) is 0 Å². The molecule has 0 unspecified atom stereocenters. The number of nitrogens with zero attached hydrogens (tertiary/aromatic N) is 2.